The fraction of sp³-hybridized carbons (Fsp3) is 0.143. The zero-order chi connectivity index (χ0) is 14.4. The highest BCUT2D eigenvalue weighted by atomic mass is 32.1. The van der Waals surface area contributed by atoms with Crippen molar-refractivity contribution in [2.75, 3.05) is 0 Å². The summed E-state index contributed by atoms with van der Waals surface area (Å²) in [5, 5.41) is 3.82. The molecule has 0 aliphatic carbocycles. The molecule has 0 saturated heterocycles. The van der Waals surface area contributed by atoms with Crippen LogP contribution in [0.4, 0.5) is 0 Å². The van der Waals surface area contributed by atoms with E-state index < -0.39 is 0 Å². The minimum absolute atomic E-state index is 0.346. The van der Waals surface area contributed by atoms with Crippen molar-refractivity contribution in [3.8, 4) is 0 Å². The Bertz CT molecular complexity index is 714. The lowest BCUT2D eigenvalue weighted by Gasteiger charge is -2.28. The van der Waals surface area contributed by atoms with Crippen LogP contribution in [0.25, 0.3) is 0 Å². The van der Waals surface area contributed by atoms with Gasteiger partial charge in [0.25, 0.3) is 0 Å². The van der Waals surface area contributed by atoms with Crippen LogP contribution in [0.3, 0.4) is 0 Å². The van der Waals surface area contributed by atoms with Crippen LogP contribution in [0, 0.1) is 0 Å². The van der Waals surface area contributed by atoms with Gasteiger partial charge in [-0.1, -0.05) is 30.3 Å². The third kappa shape index (κ3) is 1.96. The Morgan fingerprint density at radius 1 is 0.857 bits per heavy atom. The molecule has 1 aromatic heterocycles. The van der Waals surface area contributed by atoms with Crippen LogP contribution in [0.5, 0.6) is 0 Å². The summed E-state index contributed by atoms with van der Waals surface area (Å²) in [7, 11) is 0. The molecular formula is C14H12N4OS2. The molecule has 0 N–H and O–H groups in total. The number of rotatable bonds is 2. The summed E-state index contributed by atoms with van der Waals surface area (Å²) in [6, 6.07) is 13.6. The summed E-state index contributed by atoms with van der Waals surface area (Å²) in [6.45, 7) is 0. The number of aliphatic imine (C=N–C) groups is 2. The molecule has 2 aromatic rings. The van der Waals surface area contributed by atoms with Crippen LogP contribution in [-0.4, -0.2) is 32.7 Å². The first-order valence-corrected chi connectivity index (χ1v) is 7.48. The van der Waals surface area contributed by atoms with E-state index in [9.17, 15) is 0 Å². The second-order valence-electron chi connectivity index (χ2n) is 4.63. The molecule has 2 atom stereocenters. The van der Waals surface area contributed by atoms with Gasteiger partial charge in [0.15, 0.2) is 28.4 Å². The van der Waals surface area contributed by atoms with E-state index in [1.165, 1.54) is 0 Å². The Morgan fingerprint density at radius 2 is 1.52 bits per heavy atom. The quantitative estimate of drug-likeness (QED) is 0.837. The summed E-state index contributed by atoms with van der Waals surface area (Å²) in [4.78, 5) is 9.17. The van der Waals surface area contributed by atoms with Crippen LogP contribution in [0.15, 0.2) is 63.1 Å². The number of amidine groups is 2. The average Bonchev–Trinajstić information content (AvgIpc) is 3.19. The van der Waals surface area contributed by atoms with E-state index in [0.29, 0.717) is 11.6 Å². The molecule has 0 amide bonds. The number of hydrogen-bond donors (Lipinski definition) is 2. The van der Waals surface area contributed by atoms with Gasteiger partial charge in [-0.15, -0.1) is 25.3 Å². The third-order valence-electron chi connectivity index (χ3n) is 3.35. The molecule has 1 aromatic carbocycles. The number of hydrazine groups is 1. The molecule has 2 aliphatic heterocycles. The van der Waals surface area contributed by atoms with Crippen LogP contribution in [-0.2, 0) is 0 Å². The number of hydrogen-bond acceptors (Lipinski definition) is 7. The van der Waals surface area contributed by atoms with Gasteiger partial charge in [0.2, 0.25) is 0 Å². The highest BCUT2D eigenvalue weighted by Gasteiger charge is 2.44. The smallest absolute Gasteiger partial charge is 0.192 e. The number of furan rings is 1. The lowest BCUT2D eigenvalue weighted by Crippen LogP contribution is -2.44. The number of fused-ring (bicyclic) bond motifs is 1. The lowest BCUT2D eigenvalue weighted by molar-refractivity contribution is 0.167. The van der Waals surface area contributed by atoms with Crippen molar-refractivity contribution < 1.29 is 4.42 Å². The molecule has 21 heavy (non-hydrogen) atoms. The Morgan fingerprint density at radius 3 is 2.19 bits per heavy atom. The summed E-state index contributed by atoms with van der Waals surface area (Å²) in [5.41, 5.74) is 0.316. The molecule has 7 heteroatoms. The predicted octanol–water partition coefficient (Wildman–Crippen LogP) is 2.45. The van der Waals surface area contributed by atoms with Gasteiger partial charge in [0.05, 0.1) is 6.26 Å². The highest BCUT2D eigenvalue weighted by molar-refractivity contribution is 7.81. The predicted molar refractivity (Wildman–Crippen MR) is 87.5 cm³/mol. The Balaban J connectivity index is 1.74. The maximum Gasteiger partial charge on any atom is 0.192 e. The molecule has 5 nitrogen and oxygen atoms in total. The normalized spacial score (nSPS) is 24.1. The fourth-order valence-corrected chi connectivity index (χ4v) is 3.13. The van der Waals surface area contributed by atoms with Crippen molar-refractivity contribution in [2.45, 2.75) is 11.0 Å². The fourth-order valence-electron chi connectivity index (χ4n) is 2.47. The summed E-state index contributed by atoms with van der Waals surface area (Å²) in [5.74, 6) is 2.18. The molecule has 0 saturated carbocycles. The minimum Gasteiger partial charge on any atom is -0.461 e. The van der Waals surface area contributed by atoms with E-state index in [0.717, 1.165) is 11.4 Å². The molecule has 3 heterocycles. The molecule has 4 rings (SSSR count). The minimum atomic E-state index is -0.346. The van der Waals surface area contributed by atoms with Crippen LogP contribution < -0.4 is 0 Å². The maximum atomic E-state index is 5.45. The van der Waals surface area contributed by atoms with E-state index in [4.69, 9.17) is 4.42 Å². The third-order valence-corrected chi connectivity index (χ3v) is 4.02. The summed E-state index contributed by atoms with van der Waals surface area (Å²) < 4.78 is 5.45. The second-order valence-corrected chi connectivity index (χ2v) is 5.55. The first-order chi connectivity index (χ1) is 10.3. The first kappa shape index (κ1) is 12.8. The maximum absolute atomic E-state index is 5.45. The monoisotopic (exact) mass is 316 g/mol. The van der Waals surface area contributed by atoms with Crippen molar-refractivity contribution in [2.24, 2.45) is 9.98 Å². The lowest BCUT2D eigenvalue weighted by atomic mass is 10.2. The summed E-state index contributed by atoms with van der Waals surface area (Å²) in [6.07, 6.45) is 1.62. The summed E-state index contributed by atoms with van der Waals surface area (Å²) >= 11 is 9.10. The molecule has 0 unspecified atom stereocenters. The largest absolute Gasteiger partial charge is 0.461 e. The van der Waals surface area contributed by atoms with Gasteiger partial charge >= 0.3 is 0 Å². The Hall–Kier alpha value is -1.86. The van der Waals surface area contributed by atoms with Gasteiger partial charge in [0.1, 0.15) is 0 Å². The van der Waals surface area contributed by atoms with Gasteiger partial charge in [0, 0.05) is 5.56 Å². The molecule has 0 fully saturated rings. The molecule has 2 aliphatic rings. The van der Waals surface area contributed by atoms with Crippen LogP contribution >= 0.6 is 25.3 Å². The van der Waals surface area contributed by atoms with Crippen LogP contribution in [0.1, 0.15) is 11.3 Å². The van der Waals surface area contributed by atoms with Crippen molar-refractivity contribution in [1.82, 2.24) is 10.0 Å². The van der Waals surface area contributed by atoms with E-state index in [1.54, 1.807) is 6.26 Å². The van der Waals surface area contributed by atoms with Gasteiger partial charge < -0.3 is 4.42 Å². The molecule has 0 radical (unpaired) electrons. The average molecular weight is 316 g/mol. The molecule has 106 valence electrons. The number of benzene rings is 1. The second kappa shape index (κ2) is 4.85. The van der Waals surface area contributed by atoms with E-state index in [1.807, 2.05) is 52.5 Å². The van der Waals surface area contributed by atoms with Gasteiger partial charge in [-0.25, -0.2) is 20.0 Å². The Kier molecular flexibility index (Phi) is 2.97. The first-order valence-electron chi connectivity index (χ1n) is 6.45. The highest BCUT2D eigenvalue weighted by Crippen LogP contribution is 2.33. The SMILES string of the molecule is S[C@@H]1N=C(c2ccccc2)N2[C@@H](S)N=C(c3ccco3)N12. The van der Waals surface area contributed by atoms with Crippen molar-refractivity contribution in [1.29, 1.82) is 0 Å². The van der Waals surface area contributed by atoms with E-state index >= 15 is 0 Å². The topological polar surface area (TPSA) is 44.3 Å². The van der Waals surface area contributed by atoms with Gasteiger partial charge in [-0.3, -0.25) is 0 Å². The van der Waals surface area contributed by atoms with Crippen molar-refractivity contribution >= 4 is 36.9 Å². The number of thiol groups is 2. The Labute approximate surface area is 132 Å². The van der Waals surface area contributed by atoms with Crippen molar-refractivity contribution in [3.63, 3.8) is 0 Å². The zero-order valence-corrected chi connectivity index (χ0v) is 12.7. The standard InChI is InChI=1S/C14H12N4OS2/c20-13-15-11(9-5-2-1-3-6-9)17-14(21)16-12(18(13)17)10-7-4-8-19-10/h1-8,13-14,20-21H/t13-,14+/m1/s1. The molecular weight excluding hydrogens is 304 g/mol. The van der Waals surface area contributed by atoms with Crippen molar-refractivity contribution in [3.05, 3.63) is 60.1 Å². The number of nitrogens with zero attached hydrogens (tertiary/aromatic N) is 4. The van der Waals surface area contributed by atoms with E-state index in [-0.39, 0.29) is 11.0 Å². The van der Waals surface area contributed by atoms with E-state index in [2.05, 4.69) is 35.2 Å². The molecule has 0 bridgehead atoms. The van der Waals surface area contributed by atoms with Crippen LogP contribution in [0.2, 0.25) is 0 Å². The zero-order valence-electron chi connectivity index (χ0n) is 10.9. The van der Waals surface area contributed by atoms with Gasteiger partial charge in [-0.05, 0) is 12.1 Å². The molecule has 0 spiro atoms. The van der Waals surface area contributed by atoms with Gasteiger partial charge in [-0.2, -0.15) is 0 Å².